The second-order valence-corrected chi connectivity index (χ2v) is 4.25. The molecule has 0 saturated heterocycles. The fourth-order valence-corrected chi connectivity index (χ4v) is 2.03. The number of benzene rings is 1. The SMILES string of the molecule is Nc1cc(-c2c(F)c(Br)cc3c2OCO3)no1. The number of fused-ring (bicyclic) bond motifs is 1. The second kappa shape index (κ2) is 3.63. The summed E-state index contributed by atoms with van der Waals surface area (Å²) in [6, 6.07) is 2.93. The lowest BCUT2D eigenvalue weighted by Gasteiger charge is -2.05. The summed E-state index contributed by atoms with van der Waals surface area (Å²) in [5, 5.41) is 3.67. The molecule has 1 aliphatic rings. The summed E-state index contributed by atoms with van der Waals surface area (Å²) in [4.78, 5) is 0. The summed E-state index contributed by atoms with van der Waals surface area (Å²) >= 11 is 3.10. The molecule has 0 aliphatic carbocycles. The lowest BCUT2D eigenvalue weighted by molar-refractivity contribution is 0.174. The van der Waals surface area contributed by atoms with Crippen LogP contribution in [0.4, 0.5) is 10.3 Å². The maximum absolute atomic E-state index is 14.0. The lowest BCUT2D eigenvalue weighted by atomic mass is 10.1. The summed E-state index contributed by atoms with van der Waals surface area (Å²) in [5.74, 6) is 0.364. The molecule has 0 spiro atoms. The molecule has 0 fully saturated rings. The Morgan fingerprint density at radius 1 is 1.35 bits per heavy atom. The third kappa shape index (κ3) is 1.54. The van der Waals surface area contributed by atoms with Crippen LogP contribution in [0.25, 0.3) is 11.3 Å². The van der Waals surface area contributed by atoms with Crippen LogP contribution in [0.1, 0.15) is 0 Å². The molecule has 2 N–H and O–H groups in total. The van der Waals surface area contributed by atoms with E-state index < -0.39 is 5.82 Å². The molecule has 0 bridgehead atoms. The van der Waals surface area contributed by atoms with Crippen molar-refractivity contribution in [3.8, 4) is 22.8 Å². The maximum Gasteiger partial charge on any atom is 0.231 e. The van der Waals surface area contributed by atoms with Gasteiger partial charge in [-0.05, 0) is 15.9 Å². The number of hydrogen-bond donors (Lipinski definition) is 1. The van der Waals surface area contributed by atoms with Gasteiger partial charge in [0.05, 0.1) is 10.0 Å². The zero-order valence-corrected chi connectivity index (χ0v) is 9.95. The Hall–Kier alpha value is -1.76. The van der Waals surface area contributed by atoms with Crippen molar-refractivity contribution in [2.75, 3.05) is 12.5 Å². The minimum absolute atomic E-state index is 0.0472. The average Bonchev–Trinajstić information content (AvgIpc) is 2.89. The van der Waals surface area contributed by atoms with E-state index in [2.05, 4.69) is 21.1 Å². The molecule has 1 aliphatic heterocycles. The minimum atomic E-state index is -0.498. The van der Waals surface area contributed by atoms with Gasteiger partial charge in [-0.15, -0.1) is 0 Å². The number of nitrogens with two attached hydrogens (primary N) is 1. The van der Waals surface area contributed by atoms with Crippen LogP contribution < -0.4 is 15.2 Å². The molecule has 0 radical (unpaired) electrons. The van der Waals surface area contributed by atoms with Gasteiger partial charge >= 0.3 is 0 Å². The molecule has 0 saturated carbocycles. The number of rotatable bonds is 1. The van der Waals surface area contributed by atoms with Gasteiger partial charge in [0.15, 0.2) is 17.3 Å². The zero-order chi connectivity index (χ0) is 12.0. The number of hydrogen-bond acceptors (Lipinski definition) is 5. The van der Waals surface area contributed by atoms with Crippen molar-refractivity contribution in [2.45, 2.75) is 0 Å². The average molecular weight is 301 g/mol. The van der Waals surface area contributed by atoms with Crippen LogP contribution in [0.2, 0.25) is 0 Å². The van der Waals surface area contributed by atoms with Crippen molar-refractivity contribution < 1.29 is 18.4 Å². The number of anilines is 1. The third-order valence-corrected chi connectivity index (χ3v) is 2.92. The van der Waals surface area contributed by atoms with Crippen LogP contribution in [0.3, 0.4) is 0 Å². The second-order valence-electron chi connectivity index (χ2n) is 3.40. The fraction of sp³-hybridized carbons (Fsp3) is 0.100. The number of nitrogen functional groups attached to an aromatic ring is 1. The molecule has 3 rings (SSSR count). The Morgan fingerprint density at radius 2 is 2.18 bits per heavy atom. The first kappa shape index (κ1) is 10.4. The van der Waals surface area contributed by atoms with Crippen molar-refractivity contribution >= 4 is 21.8 Å². The van der Waals surface area contributed by atoms with Gasteiger partial charge in [-0.1, -0.05) is 5.16 Å². The number of aromatic nitrogens is 1. The lowest BCUT2D eigenvalue weighted by Crippen LogP contribution is -1.94. The van der Waals surface area contributed by atoms with E-state index in [1.54, 1.807) is 0 Å². The largest absolute Gasteiger partial charge is 0.454 e. The monoisotopic (exact) mass is 300 g/mol. The first-order valence-electron chi connectivity index (χ1n) is 4.67. The minimum Gasteiger partial charge on any atom is -0.454 e. The molecule has 0 atom stereocenters. The molecular weight excluding hydrogens is 295 g/mol. The van der Waals surface area contributed by atoms with Gasteiger partial charge in [0, 0.05) is 12.1 Å². The number of nitrogens with zero attached hydrogens (tertiary/aromatic N) is 1. The highest BCUT2D eigenvalue weighted by atomic mass is 79.9. The Balaban J connectivity index is 2.28. The molecule has 5 nitrogen and oxygen atoms in total. The smallest absolute Gasteiger partial charge is 0.231 e. The van der Waals surface area contributed by atoms with E-state index in [0.29, 0.717) is 11.5 Å². The summed E-state index contributed by atoms with van der Waals surface area (Å²) in [7, 11) is 0. The quantitative estimate of drug-likeness (QED) is 0.876. The molecule has 88 valence electrons. The van der Waals surface area contributed by atoms with E-state index in [1.165, 1.54) is 12.1 Å². The van der Waals surface area contributed by atoms with Crippen molar-refractivity contribution in [1.82, 2.24) is 5.16 Å². The standard InChI is InChI=1S/C10H6BrFN2O3/c11-4-1-6-10(16-3-15-6)8(9(4)12)5-2-7(13)17-14-5/h1-2H,3,13H2. The molecule has 1 aromatic heterocycles. The van der Waals surface area contributed by atoms with Gasteiger partial charge in [-0.3, -0.25) is 0 Å². The van der Waals surface area contributed by atoms with Gasteiger partial charge in [0.25, 0.3) is 0 Å². The summed E-state index contributed by atoms with van der Waals surface area (Å²) in [6.07, 6.45) is 0. The maximum atomic E-state index is 14.0. The summed E-state index contributed by atoms with van der Waals surface area (Å²) in [6.45, 7) is 0.0472. The zero-order valence-electron chi connectivity index (χ0n) is 8.37. The van der Waals surface area contributed by atoms with Crippen LogP contribution in [0.5, 0.6) is 11.5 Å². The fourth-order valence-electron chi connectivity index (χ4n) is 1.62. The molecule has 1 aromatic carbocycles. The number of ether oxygens (including phenoxy) is 2. The van der Waals surface area contributed by atoms with E-state index in [-0.39, 0.29) is 28.4 Å². The van der Waals surface area contributed by atoms with Crippen molar-refractivity contribution in [1.29, 1.82) is 0 Å². The highest BCUT2D eigenvalue weighted by molar-refractivity contribution is 9.10. The van der Waals surface area contributed by atoms with Crippen LogP contribution in [-0.2, 0) is 0 Å². The van der Waals surface area contributed by atoms with Crippen LogP contribution in [0, 0.1) is 5.82 Å². The van der Waals surface area contributed by atoms with Gasteiger partial charge in [0.2, 0.25) is 12.7 Å². The third-order valence-electron chi connectivity index (χ3n) is 2.34. The van der Waals surface area contributed by atoms with Crippen molar-refractivity contribution in [3.05, 3.63) is 22.4 Å². The van der Waals surface area contributed by atoms with Crippen molar-refractivity contribution in [3.63, 3.8) is 0 Å². The molecule has 7 heteroatoms. The number of halogens is 2. The molecule has 2 heterocycles. The summed E-state index contributed by atoms with van der Waals surface area (Å²) < 4.78 is 29.5. The highest BCUT2D eigenvalue weighted by Gasteiger charge is 2.26. The van der Waals surface area contributed by atoms with E-state index in [4.69, 9.17) is 19.7 Å². The first-order valence-corrected chi connectivity index (χ1v) is 5.46. The molecule has 0 unspecified atom stereocenters. The van der Waals surface area contributed by atoms with Crippen LogP contribution in [-0.4, -0.2) is 11.9 Å². The Labute approximate surface area is 103 Å². The molecule has 0 amide bonds. The van der Waals surface area contributed by atoms with E-state index in [1.807, 2.05) is 0 Å². The highest BCUT2D eigenvalue weighted by Crippen LogP contribution is 2.45. The topological polar surface area (TPSA) is 70.5 Å². The predicted octanol–water partition coefficient (Wildman–Crippen LogP) is 2.55. The van der Waals surface area contributed by atoms with Crippen LogP contribution >= 0.6 is 15.9 Å². The van der Waals surface area contributed by atoms with E-state index >= 15 is 0 Å². The van der Waals surface area contributed by atoms with Gasteiger partial charge in [0.1, 0.15) is 5.69 Å². The molecular formula is C10H6BrFN2O3. The Morgan fingerprint density at radius 3 is 2.88 bits per heavy atom. The van der Waals surface area contributed by atoms with Crippen molar-refractivity contribution in [2.24, 2.45) is 0 Å². The first-order chi connectivity index (χ1) is 8.16. The van der Waals surface area contributed by atoms with E-state index in [0.717, 1.165) is 0 Å². The summed E-state index contributed by atoms with van der Waals surface area (Å²) in [5.41, 5.74) is 5.85. The predicted molar refractivity (Wildman–Crippen MR) is 60.1 cm³/mol. The van der Waals surface area contributed by atoms with Gasteiger partial charge < -0.3 is 19.7 Å². The molecule has 17 heavy (non-hydrogen) atoms. The normalized spacial score (nSPS) is 13.1. The van der Waals surface area contributed by atoms with Crippen LogP contribution in [0.15, 0.2) is 21.1 Å². The Bertz CT molecular complexity index is 599. The van der Waals surface area contributed by atoms with Gasteiger partial charge in [-0.25, -0.2) is 4.39 Å². The van der Waals surface area contributed by atoms with Gasteiger partial charge in [-0.2, -0.15) is 0 Å². The van der Waals surface area contributed by atoms with E-state index in [9.17, 15) is 4.39 Å². The Kier molecular flexibility index (Phi) is 2.22. The molecule has 2 aromatic rings.